The van der Waals surface area contributed by atoms with Crippen LogP contribution in [0.2, 0.25) is 0 Å². The van der Waals surface area contributed by atoms with Crippen LogP contribution in [0.3, 0.4) is 0 Å². The van der Waals surface area contributed by atoms with Gasteiger partial charge in [-0.25, -0.2) is 0 Å². The van der Waals surface area contributed by atoms with Crippen LogP contribution in [0.25, 0.3) is 0 Å². The fraction of sp³-hybridized carbons (Fsp3) is 0.625. The largest absolute Gasteiger partial charge is 0.489 e. The molecule has 0 aromatic heterocycles. The lowest BCUT2D eigenvalue weighted by atomic mass is 9.95. The summed E-state index contributed by atoms with van der Waals surface area (Å²) in [7, 11) is 2.02. The number of hydrogen-bond donors (Lipinski definition) is 2. The van der Waals surface area contributed by atoms with Crippen LogP contribution in [-0.4, -0.2) is 42.9 Å². The summed E-state index contributed by atoms with van der Waals surface area (Å²) in [5, 5.41) is 8.98. The summed E-state index contributed by atoms with van der Waals surface area (Å²) in [6.07, 6.45) is 0.111. The molecule has 1 aromatic carbocycles. The van der Waals surface area contributed by atoms with Crippen molar-refractivity contribution in [1.82, 2.24) is 4.90 Å². The number of hydrogen-bond acceptors (Lipinski definition) is 4. The molecular formula is C16H28N2O2. The molecule has 4 nitrogen and oxygen atoms in total. The van der Waals surface area contributed by atoms with Gasteiger partial charge in [0, 0.05) is 13.1 Å². The van der Waals surface area contributed by atoms with Gasteiger partial charge in [0.15, 0.2) is 0 Å². The molecule has 1 rings (SSSR count). The lowest BCUT2D eigenvalue weighted by molar-refractivity contribution is 0.216. The Bertz CT molecular complexity index is 433. The summed E-state index contributed by atoms with van der Waals surface area (Å²) in [5.41, 5.74) is 9.14. The molecule has 0 heterocycles. The Hall–Kier alpha value is -1.26. The van der Waals surface area contributed by atoms with Crippen LogP contribution >= 0.6 is 0 Å². The molecule has 4 heteroatoms. The van der Waals surface area contributed by atoms with E-state index in [0.29, 0.717) is 18.2 Å². The van der Waals surface area contributed by atoms with E-state index in [4.69, 9.17) is 15.6 Å². The van der Waals surface area contributed by atoms with Crippen LogP contribution in [0.5, 0.6) is 5.75 Å². The lowest BCUT2D eigenvalue weighted by Crippen LogP contribution is -2.26. The lowest BCUT2D eigenvalue weighted by Gasteiger charge is -2.23. The number of likely N-dealkylation sites (N-methyl/N-ethyl adjacent to an activating group) is 1. The van der Waals surface area contributed by atoms with E-state index in [2.05, 4.69) is 24.8 Å². The van der Waals surface area contributed by atoms with Crippen molar-refractivity contribution in [3.63, 3.8) is 0 Å². The van der Waals surface area contributed by atoms with Crippen molar-refractivity contribution < 1.29 is 9.84 Å². The molecule has 0 aliphatic heterocycles. The van der Waals surface area contributed by atoms with E-state index in [1.807, 2.05) is 27.0 Å². The Balaban J connectivity index is 2.93. The fourth-order valence-corrected chi connectivity index (χ4v) is 2.44. The molecule has 0 aliphatic carbocycles. The van der Waals surface area contributed by atoms with Crippen molar-refractivity contribution in [2.75, 3.05) is 32.5 Å². The molecule has 1 unspecified atom stereocenters. The highest BCUT2D eigenvalue weighted by molar-refractivity contribution is 5.57. The van der Waals surface area contributed by atoms with E-state index in [0.717, 1.165) is 12.3 Å². The van der Waals surface area contributed by atoms with E-state index in [-0.39, 0.29) is 12.7 Å². The van der Waals surface area contributed by atoms with Crippen LogP contribution in [0.1, 0.15) is 37.8 Å². The second-order valence-electron chi connectivity index (χ2n) is 5.80. The molecule has 1 aromatic rings. The van der Waals surface area contributed by atoms with Gasteiger partial charge in [0.2, 0.25) is 0 Å². The third-order valence-electron chi connectivity index (χ3n) is 3.36. The van der Waals surface area contributed by atoms with Gasteiger partial charge in [0.1, 0.15) is 5.75 Å². The molecule has 0 aliphatic rings. The molecule has 0 fully saturated rings. The summed E-state index contributed by atoms with van der Waals surface area (Å²) in [6.45, 7) is 10.0. The van der Waals surface area contributed by atoms with Gasteiger partial charge in [0.05, 0.1) is 18.4 Å². The smallest absolute Gasteiger partial charge is 0.142 e. The molecule has 114 valence electrons. The molecule has 0 saturated heterocycles. The first kappa shape index (κ1) is 16.8. The van der Waals surface area contributed by atoms with Gasteiger partial charge < -0.3 is 20.5 Å². The number of ether oxygens (including phenoxy) is 1. The molecule has 0 spiro atoms. The Morgan fingerprint density at radius 1 is 1.30 bits per heavy atom. The molecule has 0 bridgehead atoms. The van der Waals surface area contributed by atoms with Crippen molar-refractivity contribution in [2.45, 2.75) is 39.7 Å². The number of nitrogens with zero attached hydrogens (tertiary/aromatic N) is 1. The van der Waals surface area contributed by atoms with Gasteiger partial charge in [-0.1, -0.05) is 6.92 Å². The topological polar surface area (TPSA) is 58.7 Å². The van der Waals surface area contributed by atoms with Gasteiger partial charge in [-0.05, 0) is 57.0 Å². The highest BCUT2D eigenvalue weighted by Gasteiger charge is 2.14. The van der Waals surface area contributed by atoms with Crippen molar-refractivity contribution in [2.24, 2.45) is 0 Å². The third kappa shape index (κ3) is 4.69. The molecule has 20 heavy (non-hydrogen) atoms. The van der Waals surface area contributed by atoms with Gasteiger partial charge in [-0.2, -0.15) is 0 Å². The SMILES string of the molecule is Cc1cc(N)c(OC(C)C)cc1C(C)CN(C)CCO. The Morgan fingerprint density at radius 2 is 1.95 bits per heavy atom. The number of anilines is 1. The standard InChI is InChI=1S/C16H28N2O2/c1-11(2)20-16-9-14(12(3)8-15(16)17)13(4)10-18(5)6-7-19/h8-9,11,13,19H,6-7,10,17H2,1-5H3. The van der Waals surface area contributed by atoms with Gasteiger partial charge in [-0.3, -0.25) is 0 Å². The molecule has 0 saturated carbocycles. The zero-order valence-electron chi connectivity index (χ0n) is 13.3. The minimum atomic E-state index is 0.111. The van der Waals surface area contributed by atoms with Crippen molar-refractivity contribution in [3.8, 4) is 5.75 Å². The highest BCUT2D eigenvalue weighted by Crippen LogP contribution is 2.31. The first-order valence-corrected chi connectivity index (χ1v) is 7.21. The quantitative estimate of drug-likeness (QED) is 0.753. The first-order chi connectivity index (χ1) is 9.35. The number of nitrogens with two attached hydrogens (primary N) is 1. The van der Waals surface area contributed by atoms with Crippen LogP contribution in [0.4, 0.5) is 5.69 Å². The molecule has 3 N–H and O–H groups in total. The van der Waals surface area contributed by atoms with Crippen molar-refractivity contribution in [1.29, 1.82) is 0 Å². The molecule has 0 radical (unpaired) electrons. The van der Waals surface area contributed by atoms with Crippen LogP contribution in [0, 0.1) is 6.92 Å². The zero-order valence-corrected chi connectivity index (χ0v) is 13.3. The summed E-state index contributed by atoms with van der Waals surface area (Å²) < 4.78 is 5.76. The maximum atomic E-state index is 8.98. The number of benzene rings is 1. The normalized spacial score (nSPS) is 13.0. The van der Waals surface area contributed by atoms with E-state index in [9.17, 15) is 0 Å². The van der Waals surface area contributed by atoms with Crippen LogP contribution in [0.15, 0.2) is 12.1 Å². The number of aliphatic hydroxyl groups is 1. The van der Waals surface area contributed by atoms with Gasteiger partial charge in [-0.15, -0.1) is 0 Å². The number of aryl methyl sites for hydroxylation is 1. The molecule has 0 amide bonds. The second-order valence-corrected chi connectivity index (χ2v) is 5.80. The predicted molar refractivity (Wildman–Crippen MR) is 84.4 cm³/mol. The molecular weight excluding hydrogens is 252 g/mol. The van der Waals surface area contributed by atoms with E-state index in [1.165, 1.54) is 11.1 Å². The Kier molecular flexibility index (Phi) is 6.30. The minimum absolute atomic E-state index is 0.111. The maximum Gasteiger partial charge on any atom is 0.142 e. The summed E-state index contributed by atoms with van der Waals surface area (Å²) in [4.78, 5) is 2.13. The summed E-state index contributed by atoms with van der Waals surface area (Å²) in [6, 6.07) is 4.04. The zero-order chi connectivity index (χ0) is 15.3. The predicted octanol–water partition coefficient (Wildman–Crippen LogP) is 2.39. The van der Waals surface area contributed by atoms with Crippen LogP contribution in [-0.2, 0) is 0 Å². The van der Waals surface area contributed by atoms with E-state index < -0.39 is 0 Å². The average molecular weight is 280 g/mol. The maximum absolute atomic E-state index is 8.98. The first-order valence-electron chi connectivity index (χ1n) is 7.21. The van der Waals surface area contributed by atoms with E-state index >= 15 is 0 Å². The summed E-state index contributed by atoms with van der Waals surface area (Å²) in [5.74, 6) is 1.12. The number of aliphatic hydroxyl groups excluding tert-OH is 1. The minimum Gasteiger partial charge on any atom is -0.489 e. The van der Waals surface area contributed by atoms with Crippen molar-refractivity contribution >= 4 is 5.69 Å². The average Bonchev–Trinajstić information content (AvgIpc) is 2.32. The number of nitrogen functional groups attached to an aromatic ring is 1. The second kappa shape index (κ2) is 7.50. The van der Waals surface area contributed by atoms with Gasteiger partial charge >= 0.3 is 0 Å². The molecule has 1 atom stereocenters. The Morgan fingerprint density at radius 3 is 2.50 bits per heavy atom. The highest BCUT2D eigenvalue weighted by atomic mass is 16.5. The Labute approximate surface area is 122 Å². The van der Waals surface area contributed by atoms with Gasteiger partial charge in [0.25, 0.3) is 0 Å². The van der Waals surface area contributed by atoms with E-state index in [1.54, 1.807) is 0 Å². The number of rotatable bonds is 7. The van der Waals surface area contributed by atoms with Crippen LogP contribution < -0.4 is 10.5 Å². The fourth-order valence-electron chi connectivity index (χ4n) is 2.44. The summed E-state index contributed by atoms with van der Waals surface area (Å²) >= 11 is 0. The third-order valence-corrected chi connectivity index (χ3v) is 3.36. The monoisotopic (exact) mass is 280 g/mol. The van der Waals surface area contributed by atoms with Crippen molar-refractivity contribution in [3.05, 3.63) is 23.3 Å².